The van der Waals surface area contributed by atoms with E-state index in [-0.39, 0.29) is 22.8 Å². The van der Waals surface area contributed by atoms with Crippen molar-refractivity contribution in [2.45, 2.75) is 30.7 Å². The van der Waals surface area contributed by atoms with E-state index in [1.807, 2.05) is 13.0 Å². The van der Waals surface area contributed by atoms with Crippen molar-refractivity contribution in [2.75, 3.05) is 33.3 Å². The Morgan fingerprint density at radius 1 is 1.24 bits per heavy atom. The van der Waals surface area contributed by atoms with Crippen LogP contribution in [0.3, 0.4) is 0 Å². The fourth-order valence-electron chi connectivity index (χ4n) is 3.52. The molecule has 8 heteroatoms. The van der Waals surface area contributed by atoms with Crippen molar-refractivity contribution < 1.29 is 17.9 Å². The summed E-state index contributed by atoms with van der Waals surface area (Å²) >= 11 is 0. The molecular formula is C17H25N3O4S. The monoisotopic (exact) mass is 367 g/mol. The molecule has 7 nitrogen and oxygen atoms in total. The van der Waals surface area contributed by atoms with Crippen molar-refractivity contribution in [2.24, 2.45) is 11.7 Å². The van der Waals surface area contributed by atoms with E-state index < -0.39 is 10.0 Å². The average Bonchev–Trinajstić information content (AvgIpc) is 2.53. The Balaban J connectivity index is 1.64. The van der Waals surface area contributed by atoms with Gasteiger partial charge in [-0.15, -0.1) is 0 Å². The molecule has 0 atom stereocenters. The van der Waals surface area contributed by atoms with Crippen molar-refractivity contribution in [3.05, 3.63) is 23.8 Å². The third-order valence-electron chi connectivity index (χ3n) is 5.21. The molecular weight excluding hydrogens is 342 g/mol. The number of primary amides is 1. The third-order valence-corrected chi connectivity index (χ3v) is 7.07. The number of benzene rings is 1. The highest BCUT2D eigenvalue weighted by molar-refractivity contribution is 7.89. The quantitative estimate of drug-likeness (QED) is 0.821. The van der Waals surface area contributed by atoms with Crippen molar-refractivity contribution in [3.63, 3.8) is 0 Å². The van der Waals surface area contributed by atoms with Crippen molar-refractivity contribution in [1.29, 1.82) is 0 Å². The number of carbonyl (C=O) groups is 1. The van der Waals surface area contributed by atoms with Crippen LogP contribution in [-0.4, -0.2) is 62.9 Å². The number of carbonyl (C=O) groups excluding carboxylic acids is 1. The minimum Gasteiger partial charge on any atom is -0.495 e. The number of aryl methyl sites for hydroxylation is 1. The first kappa shape index (κ1) is 18.2. The summed E-state index contributed by atoms with van der Waals surface area (Å²) in [6.07, 6.45) is 1.51. The maximum atomic E-state index is 12.9. The van der Waals surface area contributed by atoms with Gasteiger partial charge in [0.15, 0.2) is 0 Å². The van der Waals surface area contributed by atoms with E-state index in [1.54, 1.807) is 12.1 Å². The standard InChI is InChI=1S/C17H25N3O4S/c1-12-3-4-15(24-2)16(9-12)25(22,23)20-10-14(11-20)19-7-5-13(6-8-19)17(18)21/h3-4,9,13-14H,5-8,10-11H2,1-2H3,(H2,18,21). The summed E-state index contributed by atoms with van der Waals surface area (Å²) in [7, 11) is -2.08. The van der Waals surface area contributed by atoms with Gasteiger partial charge in [0, 0.05) is 25.0 Å². The fourth-order valence-corrected chi connectivity index (χ4v) is 5.27. The lowest BCUT2D eigenvalue weighted by Gasteiger charge is -2.46. The van der Waals surface area contributed by atoms with Crippen LogP contribution in [-0.2, 0) is 14.8 Å². The largest absolute Gasteiger partial charge is 0.495 e. The molecule has 2 N–H and O–H groups in total. The van der Waals surface area contributed by atoms with Crippen LogP contribution in [0.15, 0.2) is 23.1 Å². The van der Waals surface area contributed by atoms with Gasteiger partial charge in [0.05, 0.1) is 7.11 Å². The van der Waals surface area contributed by atoms with Gasteiger partial charge in [-0.2, -0.15) is 4.31 Å². The van der Waals surface area contributed by atoms with Gasteiger partial charge in [-0.3, -0.25) is 9.69 Å². The SMILES string of the molecule is COc1ccc(C)cc1S(=O)(=O)N1CC(N2CCC(C(N)=O)CC2)C1. The second-order valence-electron chi connectivity index (χ2n) is 6.84. The summed E-state index contributed by atoms with van der Waals surface area (Å²) < 4.78 is 32.5. The number of methoxy groups -OCH3 is 1. The molecule has 0 radical (unpaired) electrons. The summed E-state index contributed by atoms with van der Waals surface area (Å²) in [4.78, 5) is 13.7. The summed E-state index contributed by atoms with van der Waals surface area (Å²) in [6, 6.07) is 5.38. The molecule has 0 aliphatic carbocycles. The van der Waals surface area contributed by atoms with E-state index in [4.69, 9.17) is 10.5 Å². The van der Waals surface area contributed by atoms with Gasteiger partial charge in [0.2, 0.25) is 15.9 Å². The van der Waals surface area contributed by atoms with Gasteiger partial charge in [-0.1, -0.05) is 6.07 Å². The molecule has 0 saturated carbocycles. The Morgan fingerprint density at radius 2 is 1.88 bits per heavy atom. The first-order chi connectivity index (χ1) is 11.8. The van der Waals surface area contributed by atoms with Crippen LogP contribution in [0.25, 0.3) is 0 Å². The summed E-state index contributed by atoms with van der Waals surface area (Å²) in [5.74, 6) is 0.0908. The molecule has 0 spiro atoms. The minimum atomic E-state index is -3.56. The normalized spacial score (nSPS) is 21.0. The van der Waals surface area contributed by atoms with Gasteiger partial charge in [0.25, 0.3) is 0 Å². The highest BCUT2D eigenvalue weighted by Crippen LogP contribution is 2.32. The van der Waals surface area contributed by atoms with Gasteiger partial charge < -0.3 is 10.5 Å². The number of piperidine rings is 1. The first-order valence-corrected chi connectivity index (χ1v) is 9.95. The molecule has 0 bridgehead atoms. The van der Waals surface area contributed by atoms with Gasteiger partial charge in [-0.25, -0.2) is 8.42 Å². The van der Waals surface area contributed by atoms with Crippen LogP contribution in [0, 0.1) is 12.8 Å². The molecule has 2 heterocycles. The zero-order valence-electron chi connectivity index (χ0n) is 14.6. The van der Waals surface area contributed by atoms with Gasteiger partial charge >= 0.3 is 0 Å². The number of nitrogens with two attached hydrogens (primary N) is 1. The molecule has 2 aliphatic heterocycles. The van der Waals surface area contributed by atoms with E-state index in [0.29, 0.717) is 18.8 Å². The second kappa shape index (κ2) is 6.93. The molecule has 1 amide bonds. The van der Waals surface area contributed by atoms with Crippen LogP contribution >= 0.6 is 0 Å². The smallest absolute Gasteiger partial charge is 0.246 e. The topological polar surface area (TPSA) is 92.9 Å². The van der Waals surface area contributed by atoms with Crippen LogP contribution < -0.4 is 10.5 Å². The van der Waals surface area contributed by atoms with Crippen molar-refractivity contribution in [1.82, 2.24) is 9.21 Å². The summed E-state index contributed by atoms with van der Waals surface area (Å²) in [6.45, 7) is 4.39. The number of nitrogens with zero attached hydrogens (tertiary/aromatic N) is 2. The highest BCUT2D eigenvalue weighted by atomic mass is 32.2. The van der Waals surface area contributed by atoms with Crippen LogP contribution in [0.2, 0.25) is 0 Å². The number of sulfonamides is 1. The number of hydrogen-bond acceptors (Lipinski definition) is 5. The number of amides is 1. The predicted molar refractivity (Wildman–Crippen MR) is 93.8 cm³/mol. The molecule has 2 aliphatic rings. The lowest BCUT2D eigenvalue weighted by Crippen LogP contribution is -2.62. The number of rotatable bonds is 5. The predicted octanol–water partition coefficient (Wildman–Crippen LogP) is 0.574. The van der Waals surface area contributed by atoms with Crippen LogP contribution in [0.4, 0.5) is 0 Å². The van der Waals surface area contributed by atoms with Crippen molar-refractivity contribution >= 4 is 15.9 Å². The Bertz CT molecular complexity index is 751. The molecule has 3 rings (SSSR count). The summed E-state index contributed by atoms with van der Waals surface area (Å²) in [5.41, 5.74) is 6.24. The van der Waals surface area contributed by atoms with E-state index >= 15 is 0 Å². The molecule has 1 aromatic rings. The van der Waals surface area contributed by atoms with E-state index in [1.165, 1.54) is 11.4 Å². The number of ether oxygens (including phenoxy) is 1. The van der Waals surface area contributed by atoms with E-state index in [9.17, 15) is 13.2 Å². The average molecular weight is 367 g/mol. The number of hydrogen-bond donors (Lipinski definition) is 1. The van der Waals surface area contributed by atoms with E-state index in [2.05, 4.69) is 4.90 Å². The summed E-state index contributed by atoms with van der Waals surface area (Å²) in [5, 5.41) is 0. The lowest BCUT2D eigenvalue weighted by atomic mass is 9.94. The van der Waals surface area contributed by atoms with Gasteiger partial charge in [0.1, 0.15) is 10.6 Å². The second-order valence-corrected chi connectivity index (χ2v) is 8.75. The molecule has 25 heavy (non-hydrogen) atoms. The van der Waals surface area contributed by atoms with Crippen molar-refractivity contribution in [3.8, 4) is 5.75 Å². The molecule has 2 saturated heterocycles. The van der Waals surface area contributed by atoms with E-state index in [0.717, 1.165) is 31.5 Å². The molecule has 2 fully saturated rings. The lowest BCUT2D eigenvalue weighted by molar-refractivity contribution is -0.123. The first-order valence-electron chi connectivity index (χ1n) is 8.51. The Kier molecular flexibility index (Phi) is 5.04. The number of likely N-dealkylation sites (tertiary alicyclic amines) is 1. The molecule has 0 aromatic heterocycles. The molecule has 138 valence electrons. The van der Waals surface area contributed by atoms with Gasteiger partial charge in [-0.05, 0) is 50.6 Å². The maximum absolute atomic E-state index is 12.9. The zero-order valence-corrected chi connectivity index (χ0v) is 15.5. The van der Waals surface area contributed by atoms with Crippen LogP contribution in [0.5, 0.6) is 5.75 Å². The Hall–Kier alpha value is -1.64. The maximum Gasteiger partial charge on any atom is 0.246 e. The third kappa shape index (κ3) is 3.51. The molecule has 1 aromatic carbocycles. The molecule has 0 unspecified atom stereocenters. The Morgan fingerprint density at radius 3 is 2.44 bits per heavy atom. The fraction of sp³-hybridized carbons (Fsp3) is 0.588. The zero-order chi connectivity index (χ0) is 18.2. The minimum absolute atomic E-state index is 0.0484. The Labute approximate surface area is 148 Å². The van der Waals surface area contributed by atoms with Crippen LogP contribution in [0.1, 0.15) is 18.4 Å². The highest BCUT2D eigenvalue weighted by Gasteiger charge is 2.41.